The molecule has 0 aliphatic carbocycles. The lowest BCUT2D eigenvalue weighted by atomic mass is 10.2. The van der Waals surface area contributed by atoms with Crippen LogP contribution in [-0.2, 0) is 0 Å². The highest BCUT2D eigenvalue weighted by Gasteiger charge is 2.05. The van der Waals surface area contributed by atoms with Gasteiger partial charge >= 0.3 is 5.97 Å². The van der Waals surface area contributed by atoms with Gasteiger partial charge in [0, 0.05) is 6.20 Å². The molecule has 4 heteroatoms. The van der Waals surface area contributed by atoms with Gasteiger partial charge in [0.05, 0.1) is 16.1 Å². The molecular weight excluding hydrogens is 198 g/mol. The van der Waals surface area contributed by atoms with Crippen molar-refractivity contribution in [2.24, 2.45) is 0 Å². The smallest absolute Gasteiger partial charge is 0.335 e. The fourth-order valence-electron chi connectivity index (χ4n) is 1.12. The van der Waals surface area contributed by atoms with Gasteiger partial charge in [-0.3, -0.25) is 4.98 Å². The van der Waals surface area contributed by atoms with Crippen LogP contribution in [0.5, 0.6) is 0 Å². The van der Waals surface area contributed by atoms with Crippen LogP contribution in [0.3, 0.4) is 0 Å². The van der Waals surface area contributed by atoms with E-state index in [4.69, 9.17) is 5.11 Å². The molecule has 1 N–H and O–H groups in total. The van der Waals surface area contributed by atoms with E-state index in [1.54, 1.807) is 17.4 Å². The van der Waals surface area contributed by atoms with Crippen molar-refractivity contribution < 1.29 is 9.90 Å². The lowest BCUT2D eigenvalue weighted by molar-refractivity contribution is 0.0697. The Bertz CT molecular complexity index is 451. The van der Waals surface area contributed by atoms with Gasteiger partial charge in [-0.15, -0.1) is 11.3 Å². The second-order valence-corrected chi connectivity index (χ2v) is 3.66. The minimum atomic E-state index is -0.926. The fraction of sp³-hybridized carbons (Fsp3) is 0. The van der Waals surface area contributed by atoms with E-state index in [-0.39, 0.29) is 5.56 Å². The predicted molar refractivity (Wildman–Crippen MR) is 54.5 cm³/mol. The highest BCUT2D eigenvalue weighted by atomic mass is 32.1. The molecule has 0 aromatic carbocycles. The summed E-state index contributed by atoms with van der Waals surface area (Å²) in [6, 6.07) is 6.89. The third kappa shape index (κ3) is 1.65. The van der Waals surface area contributed by atoms with Gasteiger partial charge in [0.1, 0.15) is 0 Å². The molecule has 0 saturated carbocycles. The molecule has 0 spiro atoms. The van der Waals surface area contributed by atoms with Gasteiger partial charge in [-0.1, -0.05) is 6.07 Å². The molecule has 0 radical (unpaired) electrons. The normalized spacial score (nSPS) is 10.0. The largest absolute Gasteiger partial charge is 0.478 e. The fourth-order valence-corrected chi connectivity index (χ4v) is 1.82. The molecular formula is C10H7NO2S. The molecule has 0 atom stereocenters. The molecule has 70 valence electrons. The van der Waals surface area contributed by atoms with Crippen molar-refractivity contribution in [3.05, 3.63) is 41.4 Å². The zero-order valence-electron chi connectivity index (χ0n) is 7.18. The first-order chi connectivity index (χ1) is 6.77. The summed E-state index contributed by atoms with van der Waals surface area (Å²) in [5, 5.41) is 10.7. The Labute approximate surface area is 84.7 Å². The Morgan fingerprint density at radius 3 is 2.93 bits per heavy atom. The van der Waals surface area contributed by atoms with E-state index in [0.717, 1.165) is 4.88 Å². The van der Waals surface area contributed by atoms with E-state index in [2.05, 4.69) is 4.98 Å². The zero-order valence-corrected chi connectivity index (χ0v) is 7.99. The molecule has 3 nitrogen and oxygen atoms in total. The molecule has 0 saturated heterocycles. The number of aromatic carboxylic acids is 1. The molecule has 0 aliphatic heterocycles. The highest BCUT2D eigenvalue weighted by Crippen LogP contribution is 2.22. The first-order valence-electron chi connectivity index (χ1n) is 4.00. The first-order valence-corrected chi connectivity index (χ1v) is 4.88. The molecule has 2 rings (SSSR count). The van der Waals surface area contributed by atoms with Gasteiger partial charge in [0.15, 0.2) is 0 Å². The number of carboxylic acid groups (broad SMARTS) is 1. The molecule has 0 amide bonds. The first kappa shape index (κ1) is 8.90. The van der Waals surface area contributed by atoms with E-state index >= 15 is 0 Å². The Hall–Kier alpha value is -1.68. The second-order valence-electron chi connectivity index (χ2n) is 2.71. The van der Waals surface area contributed by atoms with E-state index in [1.165, 1.54) is 12.3 Å². The maximum Gasteiger partial charge on any atom is 0.335 e. The minimum absolute atomic E-state index is 0.267. The van der Waals surface area contributed by atoms with Crippen molar-refractivity contribution in [3.63, 3.8) is 0 Å². The molecule has 0 fully saturated rings. The summed E-state index contributed by atoms with van der Waals surface area (Å²) >= 11 is 1.54. The Balaban J connectivity index is 2.46. The van der Waals surface area contributed by atoms with E-state index in [0.29, 0.717) is 5.69 Å². The van der Waals surface area contributed by atoms with Gasteiger partial charge in [-0.05, 0) is 23.6 Å². The number of carbonyl (C=O) groups is 1. The maximum absolute atomic E-state index is 10.7. The van der Waals surface area contributed by atoms with Crippen molar-refractivity contribution in [1.82, 2.24) is 4.98 Å². The number of aromatic nitrogens is 1. The van der Waals surface area contributed by atoms with Crippen LogP contribution in [0.2, 0.25) is 0 Å². The summed E-state index contributed by atoms with van der Waals surface area (Å²) in [6.45, 7) is 0. The molecule has 2 aromatic heterocycles. The predicted octanol–water partition coefficient (Wildman–Crippen LogP) is 2.51. The third-order valence-corrected chi connectivity index (χ3v) is 2.67. The van der Waals surface area contributed by atoms with Crippen molar-refractivity contribution in [1.29, 1.82) is 0 Å². The molecule has 0 bridgehead atoms. The number of hydrogen-bond donors (Lipinski definition) is 1. The molecule has 14 heavy (non-hydrogen) atoms. The standard InChI is InChI=1S/C10H7NO2S/c12-10(13)7-3-4-11-8(6-7)9-2-1-5-14-9/h1-6H,(H,12,13). The Morgan fingerprint density at radius 2 is 2.29 bits per heavy atom. The number of thiophene rings is 1. The van der Waals surface area contributed by atoms with Crippen LogP contribution in [0, 0.1) is 0 Å². The van der Waals surface area contributed by atoms with Crippen LogP contribution in [0.25, 0.3) is 10.6 Å². The summed E-state index contributed by atoms with van der Waals surface area (Å²) in [4.78, 5) is 15.8. The highest BCUT2D eigenvalue weighted by molar-refractivity contribution is 7.13. The van der Waals surface area contributed by atoms with Gasteiger partial charge in [-0.2, -0.15) is 0 Å². The lowest BCUT2D eigenvalue weighted by Gasteiger charge is -1.97. The van der Waals surface area contributed by atoms with Crippen LogP contribution in [0.4, 0.5) is 0 Å². The molecule has 2 heterocycles. The van der Waals surface area contributed by atoms with E-state index < -0.39 is 5.97 Å². The van der Waals surface area contributed by atoms with Gasteiger partial charge in [0.25, 0.3) is 0 Å². The number of nitrogens with zero attached hydrogens (tertiary/aromatic N) is 1. The van der Waals surface area contributed by atoms with Crippen molar-refractivity contribution >= 4 is 17.3 Å². The Kier molecular flexibility index (Phi) is 2.28. The van der Waals surface area contributed by atoms with Gasteiger partial charge in [-0.25, -0.2) is 4.79 Å². The van der Waals surface area contributed by atoms with Gasteiger partial charge < -0.3 is 5.11 Å². The van der Waals surface area contributed by atoms with Crippen LogP contribution in [0.15, 0.2) is 35.8 Å². The quantitative estimate of drug-likeness (QED) is 0.819. The molecule has 2 aromatic rings. The Morgan fingerprint density at radius 1 is 1.43 bits per heavy atom. The number of rotatable bonds is 2. The van der Waals surface area contributed by atoms with Gasteiger partial charge in [0.2, 0.25) is 0 Å². The summed E-state index contributed by atoms with van der Waals surface area (Å²) < 4.78 is 0. The molecule has 0 aliphatic rings. The number of hydrogen-bond acceptors (Lipinski definition) is 3. The van der Waals surface area contributed by atoms with Crippen LogP contribution in [-0.4, -0.2) is 16.1 Å². The average Bonchev–Trinajstić information content (AvgIpc) is 2.71. The van der Waals surface area contributed by atoms with Crippen molar-refractivity contribution in [2.45, 2.75) is 0 Å². The summed E-state index contributed by atoms with van der Waals surface area (Å²) in [6.07, 6.45) is 1.51. The zero-order chi connectivity index (χ0) is 9.97. The van der Waals surface area contributed by atoms with E-state index in [9.17, 15) is 4.79 Å². The van der Waals surface area contributed by atoms with E-state index in [1.807, 2.05) is 17.5 Å². The monoisotopic (exact) mass is 205 g/mol. The van der Waals surface area contributed by atoms with Crippen molar-refractivity contribution in [3.8, 4) is 10.6 Å². The lowest BCUT2D eigenvalue weighted by Crippen LogP contribution is -1.96. The van der Waals surface area contributed by atoms with Crippen LogP contribution >= 0.6 is 11.3 Å². The number of carboxylic acids is 1. The number of pyridine rings is 1. The topological polar surface area (TPSA) is 50.2 Å². The molecule has 0 unspecified atom stereocenters. The average molecular weight is 205 g/mol. The summed E-state index contributed by atoms with van der Waals surface area (Å²) in [5.41, 5.74) is 0.975. The van der Waals surface area contributed by atoms with Crippen molar-refractivity contribution in [2.75, 3.05) is 0 Å². The summed E-state index contributed by atoms with van der Waals surface area (Å²) in [5.74, 6) is -0.926. The third-order valence-electron chi connectivity index (χ3n) is 1.78. The second kappa shape index (κ2) is 3.59. The maximum atomic E-state index is 10.7. The van der Waals surface area contributed by atoms with Crippen LogP contribution < -0.4 is 0 Å². The minimum Gasteiger partial charge on any atom is -0.478 e. The van der Waals surface area contributed by atoms with Crippen LogP contribution in [0.1, 0.15) is 10.4 Å². The summed E-state index contributed by atoms with van der Waals surface area (Å²) in [7, 11) is 0. The SMILES string of the molecule is O=C(O)c1ccnc(-c2cccs2)c1.